The van der Waals surface area contributed by atoms with E-state index < -0.39 is 0 Å². The van der Waals surface area contributed by atoms with Gasteiger partial charge in [0, 0.05) is 19.3 Å². The van der Waals surface area contributed by atoms with Gasteiger partial charge in [-0.05, 0) is 79.7 Å². The van der Waals surface area contributed by atoms with Gasteiger partial charge in [0.1, 0.15) is 5.83 Å². The van der Waals surface area contributed by atoms with Gasteiger partial charge in [0.05, 0.1) is 18.3 Å². The standard InChI is InChI=1S/C25H32FN3/c1-18(15-27)23(26)17-29(24-10-4-8-21-9-5-13-28-25(21)24)16-19-11-12-20-6-2-3-7-22(20)14-19/h2-3,5-7,9,13,19,24H,4,8,10-12,14-17,27H2,1H3/b23-18-/t19-,24+/m1/s1. The first-order valence-electron chi connectivity index (χ1n) is 10.9. The molecule has 4 heteroatoms. The smallest absolute Gasteiger partial charge is 0.114 e. The highest BCUT2D eigenvalue weighted by Gasteiger charge is 2.30. The molecule has 0 saturated carbocycles. The monoisotopic (exact) mass is 393 g/mol. The molecule has 0 aliphatic heterocycles. The molecule has 3 nitrogen and oxygen atoms in total. The molecule has 0 fully saturated rings. The number of nitrogens with zero attached hydrogens (tertiary/aromatic N) is 2. The van der Waals surface area contributed by atoms with Crippen LogP contribution in [0, 0.1) is 5.92 Å². The van der Waals surface area contributed by atoms with Crippen LogP contribution in [0.15, 0.2) is 54.0 Å². The van der Waals surface area contributed by atoms with Crippen molar-refractivity contribution < 1.29 is 4.39 Å². The fourth-order valence-corrected chi connectivity index (χ4v) is 4.93. The van der Waals surface area contributed by atoms with Gasteiger partial charge in [-0.2, -0.15) is 0 Å². The minimum absolute atomic E-state index is 0.0771. The van der Waals surface area contributed by atoms with Crippen molar-refractivity contribution in [1.82, 2.24) is 9.88 Å². The number of rotatable bonds is 6. The molecule has 0 spiro atoms. The second-order valence-electron chi connectivity index (χ2n) is 8.65. The first kappa shape index (κ1) is 20.2. The molecule has 29 heavy (non-hydrogen) atoms. The summed E-state index contributed by atoms with van der Waals surface area (Å²) >= 11 is 0. The molecule has 2 N–H and O–H groups in total. The van der Waals surface area contributed by atoms with Crippen LogP contribution in [-0.2, 0) is 19.3 Å². The molecule has 2 atom stereocenters. The number of fused-ring (bicyclic) bond motifs is 2. The molecule has 0 radical (unpaired) electrons. The fraction of sp³-hybridized carbons (Fsp3) is 0.480. The maximum atomic E-state index is 14.9. The number of nitrogens with two attached hydrogens (primary N) is 1. The van der Waals surface area contributed by atoms with E-state index in [1.165, 1.54) is 16.7 Å². The average Bonchev–Trinajstić information content (AvgIpc) is 2.77. The minimum Gasteiger partial charge on any atom is -0.327 e. The molecule has 0 saturated heterocycles. The van der Waals surface area contributed by atoms with Crippen molar-refractivity contribution in [2.75, 3.05) is 19.6 Å². The van der Waals surface area contributed by atoms with E-state index in [2.05, 4.69) is 35.2 Å². The van der Waals surface area contributed by atoms with Gasteiger partial charge in [0.15, 0.2) is 0 Å². The maximum Gasteiger partial charge on any atom is 0.114 e. The van der Waals surface area contributed by atoms with E-state index in [0.717, 1.165) is 50.8 Å². The number of hydrogen-bond acceptors (Lipinski definition) is 3. The first-order valence-corrected chi connectivity index (χ1v) is 10.9. The Morgan fingerprint density at radius 1 is 1.10 bits per heavy atom. The molecular formula is C25H32FN3. The third kappa shape index (κ3) is 4.59. The van der Waals surface area contributed by atoms with Crippen LogP contribution in [-0.4, -0.2) is 29.5 Å². The summed E-state index contributed by atoms with van der Waals surface area (Å²) in [5.41, 5.74) is 11.8. The summed E-state index contributed by atoms with van der Waals surface area (Å²) in [5, 5.41) is 0. The lowest BCUT2D eigenvalue weighted by Crippen LogP contribution is -2.38. The van der Waals surface area contributed by atoms with Gasteiger partial charge < -0.3 is 5.73 Å². The summed E-state index contributed by atoms with van der Waals surface area (Å²) in [6.45, 7) is 3.32. The van der Waals surface area contributed by atoms with E-state index in [0.29, 0.717) is 18.0 Å². The van der Waals surface area contributed by atoms with E-state index in [1.54, 1.807) is 6.92 Å². The van der Waals surface area contributed by atoms with Crippen molar-refractivity contribution in [2.24, 2.45) is 11.7 Å². The summed E-state index contributed by atoms with van der Waals surface area (Å²) < 4.78 is 14.9. The topological polar surface area (TPSA) is 42.1 Å². The molecule has 154 valence electrons. The number of pyridine rings is 1. The van der Waals surface area contributed by atoms with Crippen LogP contribution in [0.4, 0.5) is 4.39 Å². The van der Waals surface area contributed by atoms with Gasteiger partial charge in [-0.1, -0.05) is 30.3 Å². The van der Waals surface area contributed by atoms with Crippen molar-refractivity contribution in [3.05, 3.63) is 76.4 Å². The fourth-order valence-electron chi connectivity index (χ4n) is 4.93. The van der Waals surface area contributed by atoms with Crippen molar-refractivity contribution >= 4 is 0 Å². The maximum absolute atomic E-state index is 14.9. The molecule has 4 rings (SSSR count). The number of halogens is 1. The molecule has 1 aromatic carbocycles. The second kappa shape index (κ2) is 9.19. The predicted octanol–water partition coefficient (Wildman–Crippen LogP) is 4.77. The quantitative estimate of drug-likeness (QED) is 0.769. The molecule has 2 aliphatic rings. The van der Waals surface area contributed by atoms with Crippen molar-refractivity contribution in [2.45, 2.75) is 51.5 Å². The molecule has 0 amide bonds. The number of aryl methyl sites for hydroxylation is 2. The Hall–Kier alpha value is -2.04. The summed E-state index contributed by atoms with van der Waals surface area (Å²) in [4.78, 5) is 7.06. The molecule has 2 aliphatic carbocycles. The Morgan fingerprint density at radius 2 is 1.90 bits per heavy atom. The number of aromatic nitrogens is 1. The zero-order valence-corrected chi connectivity index (χ0v) is 17.4. The van der Waals surface area contributed by atoms with Gasteiger partial charge in [0.2, 0.25) is 0 Å². The van der Waals surface area contributed by atoms with Crippen LogP contribution >= 0.6 is 0 Å². The molecule has 0 unspecified atom stereocenters. The molecule has 0 bridgehead atoms. The molecule has 2 aromatic rings. The van der Waals surface area contributed by atoms with Gasteiger partial charge >= 0.3 is 0 Å². The van der Waals surface area contributed by atoms with Gasteiger partial charge in [0.25, 0.3) is 0 Å². The van der Waals surface area contributed by atoms with Crippen LogP contribution in [0.3, 0.4) is 0 Å². The molecule has 1 aromatic heterocycles. The van der Waals surface area contributed by atoms with E-state index in [4.69, 9.17) is 10.7 Å². The Morgan fingerprint density at radius 3 is 2.72 bits per heavy atom. The predicted molar refractivity (Wildman–Crippen MR) is 116 cm³/mol. The third-order valence-corrected chi connectivity index (χ3v) is 6.66. The molecule has 1 heterocycles. The van der Waals surface area contributed by atoms with Crippen LogP contribution in [0.1, 0.15) is 54.6 Å². The Balaban J connectivity index is 1.58. The van der Waals surface area contributed by atoms with Crippen LogP contribution in [0.25, 0.3) is 0 Å². The van der Waals surface area contributed by atoms with Gasteiger partial charge in [-0.25, -0.2) is 4.39 Å². The van der Waals surface area contributed by atoms with Crippen molar-refractivity contribution in [3.8, 4) is 0 Å². The lowest BCUT2D eigenvalue weighted by Gasteiger charge is -2.38. The van der Waals surface area contributed by atoms with Crippen LogP contribution < -0.4 is 5.73 Å². The summed E-state index contributed by atoms with van der Waals surface area (Å²) in [5.74, 6) is 0.469. The number of hydrogen-bond donors (Lipinski definition) is 1. The summed E-state index contributed by atoms with van der Waals surface area (Å²) in [6, 6.07) is 13.1. The average molecular weight is 394 g/mol. The lowest BCUT2D eigenvalue weighted by atomic mass is 9.83. The minimum atomic E-state index is -0.0771. The van der Waals surface area contributed by atoms with Gasteiger partial charge in [-0.15, -0.1) is 0 Å². The molecular weight excluding hydrogens is 361 g/mol. The van der Waals surface area contributed by atoms with Gasteiger partial charge in [-0.3, -0.25) is 9.88 Å². The summed E-state index contributed by atoms with van der Waals surface area (Å²) in [7, 11) is 0. The zero-order chi connectivity index (χ0) is 20.2. The van der Waals surface area contributed by atoms with E-state index >= 15 is 0 Å². The second-order valence-corrected chi connectivity index (χ2v) is 8.65. The highest BCUT2D eigenvalue weighted by molar-refractivity contribution is 5.30. The van der Waals surface area contributed by atoms with Crippen molar-refractivity contribution in [1.29, 1.82) is 0 Å². The first-order chi connectivity index (χ1) is 14.2. The van der Waals surface area contributed by atoms with E-state index in [9.17, 15) is 4.39 Å². The van der Waals surface area contributed by atoms with Crippen LogP contribution in [0.2, 0.25) is 0 Å². The lowest BCUT2D eigenvalue weighted by molar-refractivity contribution is 0.146. The Labute approximate surface area is 173 Å². The van der Waals surface area contributed by atoms with Crippen LogP contribution in [0.5, 0.6) is 0 Å². The Bertz CT molecular complexity index is 876. The summed E-state index contributed by atoms with van der Waals surface area (Å²) in [6.07, 6.45) is 8.49. The highest BCUT2D eigenvalue weighted by atomic mass is 19.1. The third-order valence-electron chi connectivity index (χ3n) is 6.66. The normalized spacial score (nSPS) is 22.1. The van der Waals surface area contributed by atoms with E-state index in [-0.39, 0.29) is 18.4 Å². The SMILES string of the molecule is C/C(CN)=C(/F)CN(C[C@@H]1CCc2ccccc2C1)[C@H]1CCCc2cccnc21. The van der Waals surface area contributed by atoms with E-state index in [1.807, 2.05) is 12.3 Å². The largest absolute Gasteiger partial charge is 0.327 e. The van der Waals surface area contributed by atoms with Crippen molar-refractivity contribution in [3.63, 3.8) is 0 Å². The number of benzene rings is 1. The Kier molecular flexibility index (Phi) is 6.41. The highest BCUT2D eigenvalue weighted by Crippen LogP contribution is 2.35. The zero-order valence-electron chi connectivity index (χ0n) is 17.4.